The number of aliphatic carboxylic acids is 2. The molecular formula is C18H31N5O9S. The van der Waals surface area contributed by atoms with E-state index in [4.69, 9.17) is 16.6 Å². The highest BCUT2D eigenvalue weighted by atomic mass is 32.2. The summed E-state index contributed by atoms with van der Waals surface area (Å²) in [7, 11) is 0. The average Bonchev–Trinajstić information content (AvgIpc) is 2.74. The Bertz CT molecular complexity index is 721. The SMILES string of the molecule is CSCCC(NC(=O)C(CO)NC(=O)C(CCC(N)=O)NC(=O)C(N)CCC(=O)O)C(=O)O. The zero-order chi connectivity index (χ0) is 25.6. The number of nitrogens with two attached hydrogens (primary N) is 2. The number of thioether (sulfide) groups is 1. The van der Waals surface area contributed by atoms with E-state index < -0.39 is 66.3 Å². The molecule has 4 atom stereocenters. The van der Waals surface area contributed by atoms with Gasteiger partial charge in [-0.1, -0.05) is 0 Å². The van der Waals surface area contributed by atoms with Gasteiger partial charge in [0.25, 0.3) is 0 Å². The summed E-state index contributed by atoms with van der Waals surface area (Å²) in [6.45, 7) is -0.874. The Hall–Kier alpha value is -2.91. The molecule has 0 aromatic rings. The molecule has 0 fully saturated rings. The van der Waals surface area contributed by atoms with E-state index in [1.807, 2.05) is 0 Å². The van der Waals surface area contributed by atoms with Crippen molar-refractivity contribution in [1.29, 1.82) is 0 Å². The summed E-state index contributed by atoms with van der Waals surface area (Å²) in [5.41, 5.74) is 10.7. The fourth-order valence-electron chi connectivity index (χ4n) is 2.48. The van der Waals surface area contributed by atoms with Crippen LogP contribution in [0.3, 0.4) is 0 Å². The molecule has 0 bridgehead atoms. The quantitative estimate of drug-likeness (QED) is 0.0997. The normalized spacial score (nSPS) is 14.3. The van der Waals surface area contributed by atoms with Gasteiger partial charge in [0.1, 0.15) is 18.1 Å². The zero-order valence-electron chi connectivity index (χ0n) is 18.1. The van der Waals surface area contributed by atoms with Crippen LogP contribution in [-0.4, -0.2) is 93.7 Å². The molecule has 10 N–H and O–H groups in total. The first kappa shape index (κ1) is 30.1. The van der Waals surface area contributed by atoms with Crippen LogP contribution in [0.5, 0.6) is 0 Å². The number of aliphatic hydroxyl groups is 1. The van der Waals surface area contributed by atoms with E-state index >= 15 is 0 Å². The maximum atomic E-state index is 12.6. The first-order valence-corrected chi connectivity index (χ1v) is 11.3. The molecule has 14 nitrogen and oxygen atoms in total. The minimum Gasteiger partial charge on any atom is -0.481 e. The molecule has 0 rings (SSSR count). The molecule has 33 heavy (non-hydrogen) atoms. The molecule has 0 saturated carbocycles. The van der Waals surface area contributed by atoms with Gasteiger partial charge in [-0.05, 0) is 31.3 Å². The summed E-state index contributed by atoms with van der Waals surface area (Å²) in [6.07, 6.45) is 0.699. The molecule has 0 aliphatic heterocycles. The number of aliphatic hydroxyl groups excluding tert-OH is 1. The van der Waals surface area contributed by atoms with Crippen molar-refractivity contribution in [3.63, 3.8) is 0 Å². The van der Waals surface area contributed by atoms with Crippen molar-refractivity contribution in [2.75, 3.05) is 18.6 Å². The van der Waals surface area contributed by atoms with Gasteiger partial charge in [-0.3, -0.25) is 24.0 Å². The highest BCUT2D eigenvalue weighted by molar-refractivity contribution is 7.98. The lowest BCUT2D eigenvalue weighted by Crippen LogP contribution is -2.58. The molecular weight excluding hydrogens is 462 g/mol. The molecule has 0 heterocycles. The number of rotatable bonds is 17. The van der Waals surface area contributed by atoms with Crippen molar-refractivity contribution < 1.29 is 44.1 Å². The second kappa shape index (κ2) is 15.8. The van der Waals surface area contributed by atoms with Crippen LogP contribution in [0.1, 0.15) is 32.1 Å². The van der Waals surface area contributed by atoms with Crippen molar-refractivity contribution in [1.82, 2.24) is 16.0 Å². The van der Waals surface area contributed by atoms with Gasteiger partial charge < -0.3 is 42.7 Å². The summed E-state index contributed by atoms with van der Waals surface area (Å²) in [6, 6.07) is -5.42. The molecule has 0 aliphatic carbocycles. The van der Waals surface area contributed by atoms with Gasteiger partial charge in [0.15, 0.2) is 0 Å². The molecule has 0 aromatic carbocycles. The van der Waals surface area contributed by atoms with Crippen LogP contribution in [0, 0.1) is 0 Å². The topological polar surface area (TPSA) is 251 Å². The van der Waals surface area contributed by atoms with Crippen LogP contribution >= 0.6 is 11.8 Å². The maximum Gasteiger partial charge on any atom is 0.326 e. The van der Waals surface area contributed by atoms with Crippen LogP contribution in [0.25, 0.3) is 0 Å². The molecule has 188 valence electrons. The number of carboxylic acids is 2. The molecule has 4 amide bonds. The summed E-state index contributed by atoms with van der Waals surface area (Å²) >= 11 is 1.37. The van der Waals surface area contributed by atoms with Crippen LogP contribution in [0.4, 0.5) is 0 Å². The van der Waals surface area contributed by atoms with E-state index in [2.05, 4.69) is 16.0 Å². The lowest BCUT2D eigenvalue weighted by molar-refractivity contribution is -0.142. The Morgan fingerprint density at radius 1 is 0.818 bits per heavy atom. The van der Waals surface area contributed by atoms with Gasteiger partial charge in [0, 0.05) is 12.8 Å². The third-order valence-electron chi connectivity index (χ3n) is 4.36. The zero-order valence-corrected chi connectivity index (χ0v) is 18.9. The Labute approximate surface area is 194 Å². The maximum absolute atomic E-state index is 12.6. The fourth-order valence-corrected chi connectivity index (χ4v) is 2.95. The van der Waals surface area contributed by atoms with Gasteiger partial charge in [-0.25, -0.2) is 4.79 Å². The Morgan fingerprint density at radius 2 is 1.36 bits per heavy atom. The second-order valence-corrected chi connectivity index (χ2v) is 8.02. The van der Waals surface area contributed by atoms with Crippen LogP contribution in [-0.2, 0) is 28.8 Å². The third-order valence-corrected chi connectivity index (χ3v) is 5.00. The number of hydrogen-bond donors (Lipinski definition) is 8. The molecule has 0 saturated heterocycles. The molecule has 0 radical (unpaired) electrons. The van der Waals surface area contributed by atoms with Crippen LogP contribution in [0.2, 0.25) is 0 Å². The summed E-state index contributed by atoms with van der Waals surface area (Å²) in [4.78, 5) is 70.2. The predicted octanol–water partition coefficient (Wildman–Crippen LogP) is -3.27. The lowest BCUT2D eigenvalue weighted by Gasteiger charge is -2.24. The van der Waals surface area contributed by atoms with Gasteiger partial charge in [0.2, 0.25) is 23.6 Å². The number of nitrogens with one attached hydrogen (secondary N) is 3. The number of primary amides is 1. The van der Waals surface area contributed by atoms with Gasteiger partial charge >= 0.3 is 11.9 Å². The highest BCUT2D eigenvalue weighted by Crippen LogP contribution is 2.04. The van der Waals surface area contributed by atoms with E-state index in [0.29, 0.717) is 5.75 Å². The van der Waals surface area contributed by atoms with Crippen LogP contribution in [0.15, 0.2) is 0 Å². The Kier molecular flexibility index (Phi) is 14.4. The standard InChI is InChI=1S/C18H31N5O9S/c1-33-7-6-11(18(31)32)22-17(30)12(8-24)23-16(29)10(3-4-13(20)25)21-15(28)9(19)2-5-14(26)27/h9-12,24H,2-8,19H2,1H3,(H2,20,25)(H,21,28)(H,22,30)(H,23,29)(H,26,27)(H,31,32). The van der Waals surface area contributed by atoms with Crippen molar-refractivity contribution in [3.05, 3.63) is 0 Å². The summed E-state index contributed by atoms with van der Waals surface area (Å²) in [5.74, 6) is -5.58. The number of carbonyl (C=O) groups excluding carboxylic acids is 4. The summed E-state index contributed by atoms with van der Waals surface area (Å²) in [5, 5.41) is 34.1. The third kappa shape index (κ3) is 12.6. The number of amides is 4. The average molecular weight is 494 g/mol. The largest absolute Gasteiger partial charge is 0.481 e. The monoisotopic (exact) mass is 493 g/mol. The van der Waals surface area contributed by atoms with E-state index in [0.717, 1.165) is 0 Å². The summed E-state index contributed by atoms with van der Waals surface area (Å²) < 4.78 is 0. The minimum atomic E-state index is -1.54. The highest BCUT2D eigenvalue weighted by Gasteiger charge is 2.30. The molecule has 15 heteroatoms. The van der Waals surface area contributed by atoms with Crippen molar-refractivity contribution in [2.24, 2.45) is 11.5 Å². The van der Waals surface area contributed by atoms with Crippen molar-refractivity contribution >= 4 is 47.3 Å². The first-order valence-electron chi connectivity index (χ1n) is 9.92. The van der Waals surface area contributed by atoms with E-state index in [9.17, 15) is 39.0 Å². The first-order chi connectivity index (χ1) is 15.4. The van der Waals surface area contributed by atoms with E-state index in [1.54, 1.807) is 6.26 Å². The molecule has 0 spiro atoms. The molecule has 0 aliphatic rings. The molecule has 0 aromatic heterocycles. The predicted molar refractivity (Wildman–Crippen MR) is 117 cm³/mol. The van der Waals surface area contributed by atoms with Gasteiger partial charge in [0.05, 0.1) is 12.6 Å². The number of hydrogen-bond acceptors (Lipinski definition) is 9. The number of carbonyl (C=O) groups is 6. The Balaban J connectivity index is 5.25. The second-order valence-electron chi connectivity index (χ2n) is 7.03. The fraction of sp³-hybridized carbons (Fsp3) is 0.667. The lowest BCUT2D eigenvalue weighted by atomic mass is 10.1. The minimum absolute atomic E-state index is 0.111. The smallest absolute Gasteiger partial charge is 0.326 e. The number of carboxylic acid groups (broad SMARTS) is 2. The molecule has 4 unspecified atom stereocenters. The Morgan fingerprint density at radius 3 is 1.85 bits per heavy atom. The van der Waals surface area contributed by atoms with Gasteiger partial charge in [-0.2, -0.15) is 11.8 Å². The van der Waals surface area contributed by atoms with Gasteiger partial charge in [-0.15, -0.1) is 0 Å². The van der Waals surface area contributed by atoms with Crippen molar-refractivity contribution in [2.45, 2.75) is 56.3 Å². The van der Waals surface area contributed by atoms with E-state index in [1.165, 1.54) is 11.8 Å². The van der Waals surface area contributed by atoms with Crippen LogP contribution < -0.4 is 27.4 Å². The van der Waals surface area contributed by atoms with E-state index in [-0.39, 0.29) is 32.1 Å². The van der Waals surface area contributed by atoms with Crippen molar-refractivity contribution in [3.8, 4) is 0 Å².